The smallest absolute Gasteiger partial charge is 0.309 e. The minimum atomic E-state index is -0.579. The number of fused-ring (bicyclic) bond motifs is 2. The van der Waals surface area contributed by atoms with Crippen molar-refractivity contribution in [3.8, 4) is 0 Å². The molecule has 0 saturated carbocycles. The average molecular weight is 351 g/mol. The van der Waals surface area contributed by atoms with Crippen molar-refractivity contribution in [3.63, 3.8) is 0 Å². The summed E-state index contributed by atoms with van der Waals surface area (Å²) >= 11 is 0. The molecule has 0 aromatic carbocycles. The van der Waals surface area contributed by atoms with E-state index in [2.05, 4.69) is 4.90 Å². The molecule has 0 unspecified atom stereocenters. The van der Waals surface area contributed by atoms with Gasteiger partial charge in [-0.15, -0.1) is 0 Å². The zero-order chi connectivity index (χ0) is 17.8. The molecule has 25 heavy (non-hydrogen) atoms. The van der Waals surface area contributed by atoms with Gasteiger partial charge in [-0.1, -0.05) is 13.8 Å². The van der Waals surface area contributed by atoms with Gasteiger partial charge >= 0.3 is 11.9 Å². The Kier molecular flexibility index (Phi) is 4.31. The van der Waals surface area contributed by atoms with E-state index in [0.29, 0.717) is 6.42 Å². The summed E-state index contributed by atoms with van der Waals surface area (Å²) in [5, 5.41) is 10.0. The lowest BCUT2D eigenvalue weighted by molar-refractivity contribution is -0.163. The number of ether oxygens (including phenoxy) is 2. The molecule has 4 saturated heterocycles. The quantitative estimate of drug-likeness (QED) is 0.760. The van der Waals surface area contributed by atoms with Gasteiger partial charge in [0.25, 0.3) is 0 Å². The minimum absolute atomic E-state index is 0.000187. The van der Waals surface area contributed by atoms with E-state index < -0.39 is 5.60 Å². The molecule has 1 N–H and O–H groups in total. The van der Waals surface area contributed by atoms with E-state index >= 15 is 0 Å². The molecule has 0 amide bonds. The average Bonchev–Trinajstić information content (AvgIpc) is 3.19. The number of aliphatic hydroxyl groups is 1. The summed E-state index contributed by atoms with van der Waals surface area (Å²) < 4.78 is 11.7. The van der Waals surface area contributed by atoms with Crippen LogP contribution in [0.2, 0.25) is 0 Å². The molecule has 0 aromatic rings. The molecule has 0 aromatic heterocycles. The maximum atomic E-state index is 12.2. The van der Waals surface area contributed by atoms with E-state index in [1.165, 1.54) is 0 Å². The predicted octanol–water partition coefficient (Wildman–Crippen LogP) is 1.50. The van der Waals surface area contributed by atoms with Crippen LogP contribution < -0.4 is 0 Å². The van der Waals surface area contributed by atoms with E-state index in [4.69, 9.17) is 9.47 Å². The molecule has 4 aliphatic heterocycles. The van der Waals surface area contributed by atoms with Gasteiger partial charge in [0.15, 0.2) is 0 Å². The summed E-state index contributed by atoms with van der Waals surface area (Å²) in [6, 6.07) is 0.337. The highest BCUT2D eigenvalue weighted by molar-refractivity contribution is 5.75. The van der Waals surface area contributed by atoms with E-state index in [0.717, 1.165) is 38.6 Å². The molecule has 4 aliphatic rings. The van der Waals surface area contributed by atoms with E-state index in [1.54, 1.807) is 0 Å². The van der Waals surface area contributed by atoms with Crippen molar-refractivity contribution in [1.29, 1.82) is 0 Å². The number of esters is 2. The van der Waals surface area contributed by atoms with Gasteiger partial charge in [-0.25, -0.2) is 0 Å². The van der Waals surface area contributed by atoms with Crippen LogP contribution in [-0.2, 0) is 19.1 Å². The summed E-state index contributed by atoms with van der Waals surface area (Å²) in [5.41, 5.74) is -0.579. The number of cyclic esters (lactones) is 1. The second-order valence-electron chi connectivity index (χ2n) is 8.51. The van der Waals surface area contributed by atoms with Crippen molar-refractivity contribution in [2.75, 3.05) is 13.2 Å². The van der Waals surface area contributed by atoms with Crippen molar-refractivity contribution >= 4 is 11.9 Å². The standard InChI is InChI=1S/C19H29NO5/c1-11-8-15(24-17(11)22)14-5-6-16-19(9-12(2)18(23)25-19)13(10-21)4-3-7-20(14)16/h11-16,21H,3-10H2,1-2H3/t11-,12+,13-,14-,15-,16-,19+/m0/s1. The van der Waals surface area contributed by atoms with Crippen LogP contribution >= 0.6 is 0 Å². The highest BCUT2D eigenvalue weighted by Crippen LogP contribution is 2.50. The Morgan fingerprint density at radius 2 is 1.96 bits per heavy atom. The predicted molar refractivity (Wildman–Crippen MR) is 89.6 cm³/mol. The van der Waals surface area contributed by atoms with Crippen LogP contribution in [0.4, 0.5) is 0 Å². The molecule has 7 atom stereocenters. The lowest BCUT2D eigenvalue weighted by Crippen LogP contribution is -2.56. The maximum absolute atomic E-state index is 12.2. The Labute approximate surface area is 148 Å². The zero-order valence-electron chi connectivity index (χ0n) is 15.1. The van der Waals surface area contributed by atoms with Gasteiger partial charge in [0.1, 0.15) is 11.7 Å². The van der Waals surface area contributed by atoms with Crippen LogP contribution in [0.1, 0.15) is 52.4 Å². The molecule has 0 radical (unpaired) electrons. The zero-order valence-corrected chi connectivity index (χ0v) is 15.1. The minimum Gasteiger partial charge on any atom is -0.460 e. The molecule has 4 heterocycles. The summed E-state index contributed by atoms with van der Waals surface area (Å²) in [6.45, 7) is 4.83. The number of aliphatic hydroxyl groups excluding tert-OH is 1. The summed E-state index contributed by atoms with van der Waals surface area (Å²) in [5.74, 6) is -0.367. The fourth-order valence-electron chi connectivity index (χ4n) is 5.76. The summed E-state index contributed by atoms with van der Waals surface area (Å²) in [4.78, 5) is 26.5. The Morgan fingerprint density at radius 3 is 2.56 bits per heavy atom. The number of hydrogen-bond acceptors (Lipinski definition) is 6. The van der Waals surface area contributed by atoms with Crippen LogP contribution in [0.5, 0.6) is 0 Å². The third-order valence-corrected chi connectivity index (χ3v) is 7.01. The lowest BCUT2D eigenvalue weighted by atomic mass is 9.75. The SMILES string of the molecule is C[C@@H]1C[C@@]2(OC1=O)[C@H](CO)CCCN1[C@H]2CC[C@H]1[C@@H]1C[C@H](C)C(=O)O1. The Balaban J connectivity index is 1.62. The van der Waals surface area contributed by atoms with Crippen LogP contribution in [0, 0.1) is 17.8 Å². The van der Waals surface area contributed by atoms with Crippen molar-refractivity contribution in [3.05, 3.63) is 0 Å². The van der Waals surface area contributed by atoms with Crippen LogP contribution in [0.25, 0.3) is 0 Å². The molecule has 0 bridgehead atoms. The number of carbonyl (C=O) groups excluding carboxylic acids is 2. The first-order valence-electron chi connectivity index (χ1n) is 9.76. The lowest BCUT2D eigenvalue weighted by Gasteiger charge is -2.42. The van der Waals surface area contributed by atoms with Gasteiger partial charge in [0.05, 0.1) is 17.9 Å². The summed E-state index contributed by atoms with van der Waals surface area (Å²) in [6.07, 6.45) is 5.15. The Bertz CT molecular complexity index is 566. The first kappa shape index (κ1) is 17.3. The van der Waals surface area contributed by atoms with Crippen molar-refractivity contribution in [2.45, 2.75) is 76.2 Å². The van der Waals surface area contributed by atoms with Gasteiger partial charge in [0.2, 0.25) is 0 Å². The normalized spacial score (nSPS) is 47.6. The molecule has 6 heteroatoms. The van der Waals surface area contributed by atoms with Gasteiger partial charge in [-0.05, 0) is 38.6 Å². The molecule has 6 nitrogen and oxygen atoms in total. The van der Waals surface area contributed by atoms with E-state index in [-0.39, 0.29) is 54.5 Å². The molecule has 4 rings (SSSR count). The largest absolute Gasteiger partial charge is 0.460 e. The van der Waals surface area contributed by atoms with Crippen LogP contribution in [0.15, 0.2) is 0 Å². The summed E-state index contributed by atoms with van der Waals surface area (Å²) in [7, 11) is 0. The van der Waals surface area contributed by atoms with E-state index in [1.807, 2.05) is 13.8 Å². The third kappa shape index (κ3) is 2.60. The molecule has 140 valence electrons. The first-order chi connectivity index (χ1) is 12.0. The van der Waals surface area contributed by atoms with Crippen LogP contribution in [0.3, 0.4) is 0 Å². The molecular formula is C19H29NO5. The first-order valence-corrected chi connectivity index (χ1v) is 9.76. The second-order valence-corrected chi connectivity index (χ2v) is 8.51. The monoisotopic (exact) mass is 351 g/mol. The number of rotatable bonds is 2. The van der Waals surface area contributed by atoms with Crippen molar-refractivity contribution in [1.82, 2.24) is 4.90 Å². The number of nitrogens with zero attached hydrogens (tertiary/aromatic N) is 1. The fraction of sp³-hybridized carbons (Fsp3) is 0.895. The number of hydrogen-bond donors (Lipinski definition) is 1. The second kappa shape index (κ2) is 6.23. The van der Waals surface area contributed by atoms with E-state index in [9.17, 15) is 14.7 Å². The topological polar surface area (TPSA) is 76.1 Å². The van der Waals surface area contributed by atoms with Crippen molar-refractivity contribution < 1.29 is 24.2 Å². The number of carbonyl (C=O) groups is 2. The van der Waals surface area contributed by atoms with Gasteiger partial charge < -0.3 is 14.6 Å². The molecular weight excluding hydrogens is 322 g/mol. The molecule has 4 fully saturated rings. The maximum Gasteiger partial charge on any atom is 0.309 e. The Morgan fingerprint density at radius 1 is 1.16 bits per heavy atom. The van der Waals surface area contributed by atoms with Crippen LogP contribution in [-0.4, -0.2) is 58.9 Å². The van der Waals surface area contributed by atoms with Crippen molar-refractivity contribution in [2.24, 2.45) is 17.8 Å². The third-order valence-electron chi connectivity index (χ3n) is 7.01. The molecule has 1 spiro atoms. The fourth-order valence-corrected chi connectivity index (χ4v) is 5.76. The van der Waals surface area contributed by atoms with Gasteiger partial charge in [-0.2, -0.15) is 0 Å². The van der Waals surface area contributed by atoms with Gasteiger partial charge in [0, 0.05) is 25.0 Å². The van der Waals surface area contributed by atoms with Gasteiger partial charge in [-0.3, -0.25) is 14.5 Å². The highest BCUT2D eigenvalue weighted by Gasteiger charge is 2.60. The highest BCUT2D eigenvalue weighted by atomic mass is 16.6. The molecule has 0 aliphatic carbocycles. The Hall–Kier alpha value is -1.14.